The second kappa shape index (κ2) is 8.21. The van der Waals surface area contributed by atoms with Gasteiger partial charge in [0.15, 0.2) is 6.29 Å². The molecular formula is C15H21NO8S. The molecule has 25 heavy (non-hydrogen) atoms. The van der Waals surface area contributed by atoms with E-state index in [1.165, 1.54) is 7.11 Å². The highest BCUT2D eigenvalue weighted by atomic mass is 32.2. The maximum Gasteiger partial charge on any atom is 0.264 e. The van der Waals surface area contributed by atoms with Crippen LogP contribution in [0.25, 0.3) is 0 Å². The fourth-order valence-corrected chi connectivity index (χ4v) is 3.20. The molecule has 0 radical (unpaired) electrons. The summed E-state index contributed by atoms with van der Waals surface area (Å²) in [7, 11) is -2.67. The molecule has 3 N–H and O–H groups in total. The molecule has 2 rings (SSSR count). The predicted octanol–water partition coefficient (Wildman–Crippen LogP) is -1.15. The van der Waals surface area contributed by atoms with Gasteiger partial charge < -0.3 is 25.0 Å². The van der Waals surface area contributed by atoms with Crippen LogP contribution in [-0.2, 0) is 23.8 Å². The zero-order valence-electron chi connectivity index (χ0n) is 13.7. The van der Waals surface area contributed by atoms with Crippen LogP contribution in [0.15, 0.2) is 30.3 Å². The number of nitrogens with one attached hydrogen (secondary N) is 1. The maximum absolute atomic E-state index is 12.4. The topological polar surface area (TPSA) is 131 Å². The van der Waals surface area contributed by atoms with E-state index in [-0.39, 0.29) is 0 Å². The van der Waals surface area contributed by atoms with Gasteiger partial charge in [-0.3, -0.25) is 8.98 Å². The number of aliphatic hydroxyl groups is 2. The summed E-state index contributed by atoms with van der Waals surface area (Å²) in [5.41, 5.74) is 0.328. The Morgan fingerprint density at radius 3 is 2.48 bits per heavy atom. The number of hydrogen-bond donors (Lipinski definition) is 3. The molecule has 1 aliphatic rings. The molecule has 9 nitrogen and oxygen atoms in total. The third-order valence-electron chi connectivity index (χ3n) is 3.71. The van der Waals surface area contributed by atoms with E-state index in [1.54, 1.807) is 30.3 Å². The number of methoxy groups -OCH3 is 1. The molecule has 0 saturated carbocycles. The van der Waals surface area contributed by atoms with Gasteiger partial charge in [0.05, 0.1) is 12.9 Å². The first kappa shape index (κ1) is 19.8. The molecule has 1 fully saturated rings. The second-order valence-electron chi connectivity index (χ2n) is 5.58. The average molecular weight is 375 g/mol. The van der Waals surface area contributed by atoms with Gasteiger partial charge in [-0.15, -0.1) is 0 Å². The molecule has 0 spiro atoms. The minimum Gasteiger partial charge on any atom is -0.394 e. The lowest BCUT2D eigenvalue weighted by atomic mass is 9.96. The standard InChI is InChI=1S/C15H21NO8S/c1-22-15-11(16-14(19)9-6-4-3-5-7-9)13(24-25(2,20)21)12(18)10(8-17)23-15/h3-7,10-13,15,17-18H,8H2,1-2H3,(H,16,19)/t10-,11+,12+,13-,15-/m0/s1. The molecule has 1 amide bonds. The van der Waals surface area contributed by atoms with Crippen molar-refractivity contribution < 1.29 is 37.1 Å². The number of aliphatic hydroxyl groups excluding tert-OH is 2. The Hall–Kier alpha value is -1.56. The Kier molecular flexibility index (Phi) is 6.49. The normalized spacial score (nSPS) is 30.0. The second-order valence-corrected chi connectivity index (χ2v) is 7.18. The smallest absolute Gasteiger partial charge is 0.264 e. The highest BCUT2D eigenvalue weighted by Crippen LogP contribution is 2.25. The van der Waals surface area contributed by atoms with Gasteiger partial charge in [0, 0.05) is 12.7 Å². The Morgan fingerprint density at radius 1 is 1.32 bits per heavy atom. The molecular weight excluding hydrogens is 354 g/mol. The van der Waals surface area contributed by atoms with Gasteiger partial charge in [-0.2, -0.15) is 8.42 Å². The molecule has 5 atom stereocenters. The first-order valence-corrected chi connectivity index (χ1v) is 9.30. The largest absolute Gasteiger partial charge is 0.394 e. The van der Waals surface area contributed by atoms with E-state index in [0.29, 0.717) is 5.56 Å². The van der Waals surface area contributed by atoms with Crippen molar-refractivity contribution in [2.24, 2.45) is 0 Å². The van der Waals surface area contributed by atoms with Crippen LogP contribution in [0.2, 0.25) is 0 Å². The summed E-state index contributed by atoms with van der Waals surface area (Å²) >= 11 is 0. The summed E-state index contributed by atoms with van der Waals surface area (Å²) in [4.78, 5) is 12.4. The predicted molar refractivity (Wildman–Crippen MR) is 86.2 cm³/mol. The van der Waals surface area contributed by atoms with Crippen molar-refractivity contribution in [3.8, 4) is 0 Å². The van der Waals surface area contributed by atoms with E-state index in [9.17, 15) is 23.4 Å². The fourth-order valence-electron chi connectivity index (χ4n) is 2.56. The van der Waals surface area contributed by atoms with Crippen molar-refractivity contribution in [3.63, 3.8) is 0 Å². The summed E-state index contributed by atoms with van der Waals surface area (Å²) in [6, 6.07) is 7.09. The number of rotatable bonds is 6. The first-order valence-electron chi connectivity index (χ1n) is 7.48. The minimum atomic E-state index is -3.96. The molecule has 1 aromatic rings. The number of benzene rings is 1. The van der Waals surface area contributed by atoms with Gasteiger partial charge in [0.25, 0.3) is 16.0 Å². The molecule has 0 bridgehead atoms. The Labute approximate surface area is 145 Å². The zero-order chi connectivity index (χ0) is 18.6. The lowest BCUT2D eigenvalue weighted by Gasteiger charge is -2.43. The summed E-state index contributed by atoms with van der Waals surface area (Å²) in [5, 5.41) is 22.1. The van der Waals surface area contributed by atoms with Gasteiger partial charge in [-0.1, -0.05) is 18.2 Å². The highest BCUT2D eigenvalue weighted by Gasteiger charge is 2.48. The monoisotopic (exact) mass is 375 g/mol. The van der Waals surface area contributed by atoms with Gasteiger partial charge in [-0.25, -0.2) is 0 Å². The van der Waals surface area contributed by atoms with Crippen molar-refractivity contribution in [2.45, 2.75) is 30.6 Å². The van der Waals surface area contributed by atoms with Crippen LogP contribution < -0.4 is 5.32 Å². The lowest BCUT2D eigenvalue weighted by molar-refractivity contribution is -0.256. The van der Waals surface area contributed by atoms with E-state index in [4.69, 9.17) is 13.7 Å². The SMILES string of the molecule is CO[C@H]1O[C@@H](CO)[C@@H](O)[C@@H](OS(C)(=O)=O)[C@H]1NC(=O)c1ccccc1. The zero-order valence-corrected chi connectivity index (χ0v) is 14.5. The summed E-state index contributed by atoms with van der Waals surface area (Å²) in [6.45, 7) is -0.579. The van der Waals surface area contributed by atoms with Crippen molar-refractivity contribution in [1.29, 1.82) is 0 Å². The summed E-state index contributed by atoms with van der Waals surface area (Å²) < 4.78 is 38.5. The number of amides is 1. The maximum atomic E-state index is 12.4. The number of carbonyl (C=O) groups excluding carboxylic acids is 1. The Balaban J connectivity index is 2.29. The van der Waals surface area contributed by atoms with Crippen LogP contribution in [0.5, 0.6) is 0 Å². The van der Waals surface area contributed by atoms with Crippen molar-refractivity contribution in [3.05, 3.63) is 35.9 Å². The van der Waals surface area contributed by atoms with E-state index in [0.717, 1.165) is 6.26 Å². The molecule has 1 aliphatic heterocycles. The molecule has 0 aliphatic carbocycles. The molecule has 1 saturated heterocycles. The summed E-state index contributed by atoms with van der Waals surface area (Å²) in [5.74, 6) is -0.520. The van der Waals surface area contributed by atoms with Crippen LogP contribution in [0.1, 0.15) is 10.4 Å². The molecule has 1 aromatic carbocycles. The Morgan fingerprint density at radius 2 is 1.96 bits per heavy atom. The van der Waals surface area contributed by atoms with Gasteiger partial charge >= 0.3 is 0 Å². The van der Waals surface area contributed by atoms with Crippen LogP contribution in [0.4, 0.5) is 0 Å². The molecule has 0 aromatic heterocycles. The van der Waals surface area contributed by atoms with E-state index < -0.39 is 53.3 Å². The van der Waals surface area contributed by atoms with Gasteiger partial charge in [0.2, 0.25) is 0 Å². The fraction of sp³-hybridized carbons (Fsp3) is 0.533. The number of carbonyl (C=O) groups is 1. The third kappa shape index (κ3) is 4.97. The average Bonchev–Trinajstić information content (AvgIpc) is 2.58. The van der Waals surface area contributed by atoms with Gasteiger partial charge in [0.1, 0.15) is 24.4 Å². The molecule has 1 heterocycles. The Bertz CT molecular complexity index is 680. The number of hydrogen-bond acceptors (Lipinski definition) is 8. The van der Waals surface area contributed by atoms with Crippen molar-refractivity contribution in [1.82, 2.24) is 5.32 Å². The van der Waals surface area contributed by atoms with Crippen LogP contribution in [0.3, 0.4) is 0 Å². The third-order valence-corrected chi connectivity index (χ3v) is 4.28. The molecule has 140 valence electrons. The lowest BCUT2D eigenvalue weighted by Crippen LogP contribution is -2.65. The van der Waals surface area contributed by atoms with Crippen LogP contribution in [-0.4, -0.2) is 75.2 Å². The highest BCUT2D eigenvalue weighted by molar-refractivity contribution is 7.86. The van der Waals surface area contributed by atoms with E-state index in [2.05, 4.69) is 5.32 Å². The van der Waals surface area contributed by atoms with Gasteiger partial charge in [-0.05, 0) is 12.1 Å². The molecule has 0 unspecified atom stereocenters. The van der Waals surface area contributed by atoms with E-state index >= 15 is 0 Å². The van der Waals surface area contributed by atoms with Crippen molar-refractivity contribution >= 4 is 16.0 Å². The van der Waals surface area contributed by atoms with Crippen LogP contribution in [0, 0.1) is 0 Å². The summed E-state index contributed by atoms with van der Waals surface area (Å²) in [6.07, 6.45) is -4.31. The minimum absolute atomic E-state index is 0.328. The number of ether oxygens (including phenoxy) is 2. The molecule has 10 heteroatoms. The van der Waals surface area contributed by atoms with E-state index in [1.807, 2.05) is 0 Å². The van der Waals surface area contributed by atoms with Crippen LogP contribution >= 0.6 is 0 Å². The quantitative estimate of drug-likeness (QED) is 0.532. The van der Waals surface area contributed by atoms with Crippen molar-refractivity contribution in [2.75, 3.05) is 20.0 Å². The first-order chi connectivity index (χ1) is 11.8.